The molecule has 0 aromatic carbocycles. The summed E-state index contributed by atoms with van der Waals surface area (Å²) in [5.74, 6) is 0. The number of rotatable bonds is 0. The molecular weight excluding hydrogens is 282 g/mol. The molecule has 48 valence electrons. The van der Waals surface area contributed by atoms with Crippen LogP contribution in [0.2, 0.25) is 0 Å². The van der Waals surface area contributed by atoms with Gasteiger partial charge in [0.2, 0.25) is 0 Å². The molecule has 0 spiro atoms. The number of pyridine rings is 1. The molecule has 0 fully saturated rings. The van der Waals surface area contributed by atoms with E-state index >= 15 is 0 Å². The second-order valence-corrected chi connectivity index (χ2v) is 1.36. The smallest absolute Gasteiger partial charge is 0.358 e. The van der Waals surface area contributed by atoms with Crippen LogP contribution in [0.25, 0.3) is 0 Å². The van der Waals surface area contributed by atoms with Gasteiger partial charge in [-0.1, -0.05) is 0 Å². The van der Waals surface area contributed by atoms with Gasteiger partial charge in [-0.05, 0) is 12.4 Å². The van der Waals surface area contributed by atoms with Crippen LogP contribution in [-0.2, 0) is 21.1 Å². The quantitative estimate of drug-likeness (QED) is 0.663. The first-order valence-corrected chi connectivity index (χ1v) is 2.11. The van der Waals surface area contributed by atoms with E-state index in [-0.39, 0.29) is 28.5 Å². The molecule has 0 aliphatic rings. The van der Waals surface area contributed by atoms with Gasteiger partial charge < -0.3 is 7.43 Å². The van der Waals surface area contributed by atoms with Crippen LogP contribution in [0, 0.1) is 14.4 Å². The van der Waals surface area contributed by atoms with Gasteiger partial charge in [0.1, 0.15) is 0 Å². The molecule has 1 heterocycles. The molecule has 0 aliphatic carbocycles. The summed E-state index contributed by atoms with van der Waals surface area (Å²) < 4.78 is 0. The standard InChI is InChI=1S/C6H6N.CH3.W/c1-6-2-4-7-5-3-6;;/h2-5H,1H2;1H3;/q2*-1;+2. The minimum absolute atomic E-state index is 0. The van der Waals surface area contributed by atoms with Gasteiger partial charge in [-0.3, -0.25) is 4.98 Å². The van der Waals surface area contributed by atoms with Crippen molar-refractivity contribution in [1.29, 1.82) is 0 Å². The van der Waals surface area contributed by atoms with Gasteiger partial charge in [-0.15, -0.1) is 12.1 Å². The number of nitrogens with zero attached hydrogens (tertiary/aromatic N) is 1. The summed E-state index contributed by atoms with van der Waals surface area (Å²) in [5, 5.41) is 0. The topological polar surface area (TPSA) is 12.9 Å². The van der Waals surface area contributed by atoms with E-state index in [1.54, 1.807) is 12.4 Å². The van der Waals surface area contributed by atoms with Crippen LogP contribution in [0.4, 0.5) is 0 Å². The Morgan fingerprint density at radius 1 is 1.22 bits per heavy atom. The third-order valence-electron chi connectivity index (χ3n) is 0.749. The number of aromatic nitrogens is 1. The van der Waals surface area contributed by atoms with Crippen LogP contribution in [0.15, 0.2) is 24.5 Å². The third-order valence-corrected chi connectivity index (χ3v) is 0.749. The molecule has 1 nitrogen and oxygen atoms in total. The van der Waals surface area contributed by atoms with Crippen molar-refractivity contribution in [2.45, 2.75) is 0 Å². The van der Waals surface area contributed by atoms with Crippen molar-refractivity contribution in [2.24, 2.45) is 0 Å². The Labute approximate surface area is 70.8 Å². The second-order valence-electron chi connectivity index (χ2n) is 1.36. The summed E-state index contributed by atoms with van der Waals surface area (Å²) in [4.78, 5) is 3.81. The molecule has 0 radical (unpaired) electrons. The van der Waals surface area contributed by atoms with Gasteiger partial charge in [0.15, 0.2) is 0 Å². The van der Waals surface area contributed by atoms with E-state index < -0.39 is 0 Å². The number of hydrogen-bond acceptors (Lipinski definition) is 1. The molecule has 1 rings (SSSR count). The average Bonchev–Trinajstić information content (AvgIpc) is 1.69. The van der Waals surface area contributed by atoms with Gasteiger partial charge >= 0.3 is 21.1 Å². The largest absolute Gasteiger partial charge is 2.00 e. The van der Waals surface area contributed by atoms with E-state index in [0.717, 1.165) is 5.56 Å². The van der Waals surface area contributed by atoms with Gasteiger partial charge in [-0.2, -0.15) is 12.5 Å². The molecule has 1 aromatic rings. The normalized spacial score (nSPS) is 6.67. The van der Waals surface area contributed by atoms with E-state index in [2.05, 4.69) is 11.9 Å². The van der Waals surface area contributed by atoms with Gasteiger partial charge in [0, 0.05) is 0 Å². The van der Waals surface area contributed by atoms with Crippen molar-refractivity contribution in [3.05, 3.63) is 44.4 Å². The zero-order valence-electron chi connectivity index (χ0n) is 5.37. The third kappa shape index (κ3) is 4.23. The Kier molecular flexibility index (Phi) is 7.46. The predicted molar refractivity (Wildman–Crippen MR) is 35.1 cm³/mol. The van der Waals surface area contributed by atoms with Gasteiger partial charge in [0.25, 0.3) is 0 Å². The van der Waals surface area contributed by atoms with Gasteiger partial charge in [0.05, 0.1) is 0 Å². The Bertz CT molecular complexity index is 139. The molecule has 0 saturated heterocycles. The molecule has 1 aromatic heterocycles. The first-order chi connectivity index (χ1) is 3.39. The maximum Gasteiger partial charge on any atom is 2.00 e. The van der Waals surface area contributed by atoms with E-state index in [1.807, 2.05) is 12.1 Å². The molecule has 0 bridgehead atoms. The molecule has 0 N–H and O–H groups in total. The monoisotopic (exact) mass is 291 g/mol. The van der Waals surface area contributed by atoms with E-state index in [9.17, 15) is 0 Å². The maximum absolute atomic E-state index is 3.81. The van der Waals surface area contributed by atoms with Crippen molar-refractivity contribution in [2.75, 3.05) is 0 Å². The van der Waals surface area contributed by atoms with Crippen LogP contribution in [0.5, 0.6) is 0 Å². The van der Waals surface area contributed by atoms with E-state index in [1.165, 1.54) is 0 Å². The fourth-order valence-electron chi connectivity index (χ4n) is 0.383. The van der Waals surface area contributed by atoms with Crippen molar-refractivity contribution < 1.29 is 21.1 Å². The summed E-state index contributed by atoms with van der Waals surface area (Å²) in [6.45, 7) is 3.68. The molecule has 0 aliphatic heterocycles. The van der Waals surface area contributed by atoms with Crippen LogP contribution < -0.4 is 0 Å². The van der Waals surface area contributed by atoms with Crippen molar-refractivity contribution in [3.8, 4) is 0 Å². The summed E-state index contributed by atoms with van der Waals surface area (Å²) in [6, 6.07) is 3.72. The molecule has 0 saturated carbocycles. The van der Waals surface area contributed by atoms with Crippen LogP contribution in [-0.4, -0.2) is 4.98 Å². The zero-order valence-corrected chi connectivity index (χ0v) is 8.31. The minimum Gasteiger partial charge on any atom is -0.358 e. The Hall–Kier alpha value is -0.292. The first-order valence-electron chi connectivity index (χ1n) is 2.11. The minimum atomic E-state index is 0. The maximum atomic E-state index is 3.81. The molecule has 2 heteroatoms. The molecule has 0 amide bonds. The summed E-state index contributed by atoms with van der Waals surface area (Å²) in [7, 11) is 0. The van der Waals surface area contributed by atoms with Gasteiger partial charge in [-0.25, -0.2) is 0 Å². The van der Waals surface area contributed by atoms with Crippen LogP contribution >= 0.6 is 0 Å². The SMILES string of the molecule is [CH2-]c1ccncc1.[CH3-].[W+2]. The molecule has 0 atom stereocenters. The molecule has 9 heavy (non-hydrogen) atoms. The van der Waals surface area contributed by atoms with Crippen molar-refractivity contribution in [3.63, 3.8) is 0 Å². The predicted octanol–water partition coefficient (Wildman–Crippen LogP) is 1.71. The fraction of sp³-hybridized carbons (Fsp3) is 0. The van der Waals surface area contributed by atoms with E-state index in [0.29, 0.717) is 0 Å². The Morgan fingerprint density at radius 3 is 1.89 bits per heavy atom. The summed E-state index contributed by atoms with van der Waals surface area (Å²) >= 11 is 0. The average molecular weight is 291 g/mol. The summed E-state index contributed by atoms with van der Waals surface area (Å²) in [6.07, 6.45) is 3.45. The number of hydrogen-bond donors (Lipinski definition) is 0. The van der Waals surface area contributed by atoms with Crippen molar-refractivity contribution in [1.82, 2.24) is 4.98 Å². The van der Waals surface area contributed by atoms with Crippen LogP contribution in [0.1, 0.15) is 5.56 Å². The van der Waals surface area contributed by atoms with Crippen LogP contribution in [0.3, 0.4) is 0 Å². The Balaban J connectivity index is 0. The second kappa shape index (κ2) is 5.84. The molecule has 0 unspecified atom stereocenters. The Morgan fingerprint density at radius 2 is 1.67 bits per heavy atom. The van der Waals surface area contributed by atoms with Crippen molar-refractivity contribution >= 4 is 0 Å². The molecular formula is C7H9NW. The zero-order chi connectivity index (χ0) is 5.11. The summed E-state index contributed by atoms with van der Waals surface area (Å²) in [5.41, 5.74) is 1.01. The first kappa shape index (κ1) is 11.5. The fourth-order valence-corrected chi connectivity index (χ4v) is 0.383. The van der Waals surface area contributed by atoms with E-state index in [4.69, 9.17) is 0 Å².